The van der Waals surface area contributed by atoms with Gasteiger partial charge in [-0.25, -0.2) is 0 Å². The lowest BCUT2D eigenvalue weighted by Gasteiger charge is -2.22. The molecule has 3 rings (SSSR count). The third kappa shape index (κ3) is 5.82. The zero-order valence-electron chi connectivity index (χ0n) is 18.0. The summed E-state index contributed by atoms with van der Waals surface area (Å²) < 4.78 is 2.06. The quantitative estimate of drug-likeness (QED) is 0.385. The highest BCUT2D eigenvalue weighted by Crippen LogP contribution is 2.29. The number of halogens is 2. The van der Waals surface area contributed by atoms with Crippen LogP contribution in [0.4, 0.5) is 0 Å². The fourth-order valence-electron chi connectivity index (χ4n) is 3.17. The highest BCUT2D eigenvalue weighted by molar-refractivity contribution is 7.98. The molecule has 0 saturated heterocycles. The van der Waals surface area contributed by atoms with Crippen LogP contribution in [0.5, 0.6) is 0 Å². The lowest BCUT2D eigenvalue weighted by molar-refractivity contribution is 0.0922. The summed E-state index contributed by atoms with van der Waals surface area (Å²) in [6, 6.07) is 12.9. The maximum absolute atomic E-state index is 12.8. The molecule has 0 aliphatic rings. The van der Waals surface area contributed by atoms with Crippen LogP contribution in [0.15, 0.2) is 47.6 Å². The number of nitrogens with one attached hydrogen (secondary N) is 1. The average Bonchev–Trinajstić information content (AvgIpc) is 3.15. The Morgan fingerprint density at radius 1 is 1.10 bits per heavy atom. The smallest absolute Gasteiger partial charge is 0.251 e. The summed E-state index contributed by atoms with van der Waals surface area (Å²) in [6.07, 6.45) is 0. The van der Waals surface area contributed by atoms with Gasteiger partial charge in [-0.15, -0.1) is 10.2 Å². The van der Waals surface area contributed by atoms with E-state index in [4.69, 9.17) is 23.2 Å². The molecule has 0 radical (unpaired) electrons. The number of hydrogen-bond acceptors (Lipinski definition) is 4. The van der Waals surface area contributed by atoms with Gasteiger partial charge in [0.25, 0.3) is 5.91 Å². The van der Waals surface area contributed by atoms with E-state index in [1.54, 1.807) is 17.8 Å². The number of aryl methyl sites for hydroxylation is 1. The Hall–Kier alpha value is -2.02. The highest BCUT2D eigenvalue weighted by Gasteiger charge is 2.26. The molecule has 164 valence electrons. The molecule has 1 N–H and O–H groups in total. The third-order valence-electron chi connectivity index (χ3n) is 4.96. The summed E-state index contributed by atoms with van der Waals surface area (Å²) in [7, 11) is 0. The van der Waals surface area contributed by atoms with Crippen molar-refractivity contribution in [3.8, 4) is 0 Å². The summed E-state index contributed by atoms with van der Waals surface area (Å²) >= 11 is 13.7. The van der Waals surface area contributed by atoms with Gasteiger partial charge in [0, 0.05) is 17.9 Å². The maximum atomic E-state index is 12.8. The molecule has 2 aromatic carbocycles. The van der Waals surface area contributed by atoms with Crippen molar-refractivity contribution in [2.75, 3.05) is 0 Å². The van der Waals surface area contributed by atoms with Gasteiger partial charge in [-0.05, 0) is 49.6 Å². The van der Waals surface area contributed by atoms with E-state index in [0.717, 1.165) is 22.1 Å². The Morgan fingerprint density at radius 3 is 2.42 bits per heavy atom. The van der Waals surface area contributed by atoms with E-state index in [-0.39, 0.29) is 17.9 Å². The highest BCUT2D eigenvalue weighted by atomic mass is 35.5. The average molecular weight is 477 g/mol. The second-order valence-corrected chi connectivity index (χ2v) is 9.44. The van der Waals surface area contributed by atoms with E-state index in [1.807, 2.05) is 43.3 Å². The Balaban J connectivity index is 1.79. The molecule has 0 saturated carbocycles. The first-order chi connectivity index (χ1) is 14.8. The normalized spacial score (nSPS) is 12.2. The number of thioether (sulfide) groups is 1. The van der Waals surface area contributed by atoms with Crippen LogP contribution in [-0.2, 0) is 12.3 Å². The minimum atomic E-state index is -0.249. The molecule has 1 heterocycles. The van der Waals surface area contributed by atoms with E-state index < -0.39 is 0 Å². The number of aromatic nitrogens is 3. The molecule has 3 aromatic rings. The molecule has 1 amide bonds. The molecule has 1 aromatic heterocycles. The molecule has 0 unspecified atom stereocenters. The van der Waals surface area contributed by atoms with Crippen molar-refractivity contribution in [2.24, 2.45) is 5.92 Å². The monoisotopic (exact) mass is 476 g/mol. The van der Waals surface area contributed by atoms with E-state index in [9.17, 15) is 4.79 Å². The Bertz CT molecular complexity index is 1050. The van der Waals surface area contributed by atoms with Gasteiger partial charge in [-0.1, -0.05) is 72.6 Å². The van der Waals surface area contributed by atoms with Crippen molar-refractivity contribution < 1.29 is 4.79 Å². The fraction of sp³-hybridized carbons (Fsp3) is 0.348. The van der Waals surface area contributed by atoms with Crippen LogP contribution in [0, 0.1) is 12.8 Å². The van der Waals surface area contributed by atoms with Crippen molar-refractivity contribution >= 4 is 40.9 Å². The molecule has 0 aliphatic heterocycles. The van der Waals surface area contributed by atoms with Crippen molar-refractivity contribution in [3.05, 3.63) is 75.0 Å². The maximum Gasteiger partial charge on any atom is 0.251 e. The van der Waals surface area contributed by atoms with E-state index in [1.165, 1.54) is 0 Å². The molecule has 0 spiro atoms. The van der Waals surface area contributed by atoms with Crippen LogP contribution in [0.2, 0.25) is 10.0 Å². The summed E-state index contributed by atoms with van der Waals surface area (Å²) in [5, 5.41) is 13.9. The summed E-state index contributed by atoms with van der Waals surface area (Å²) in [4.78, 5) is 12.8. The topological polar surface area (TPSA) is 59.8 Å². The van der Waals surface area contributed by atoms with E-state index in [0.29, 0.717) is 27.9 Å². The minimum Gasteiger partial charge on any atom is -0.342 e. The van der Waals surface area contributed by atoms with Crippen LogP contribution in [0.3, 0.4) is 0 Å². The summed E-state index contributed by atoms with van der Waals surface area (Å²) in [5.74, 6) is 1.48. The third-order valence-corrected chi connectivity index (χ3v) is 6.74. The van der Waals surface area contributed by atoms with Crippen molar-refractivity contribution in [1.29, 1.82) is 0 Å². The Kier molecular flexibility index (Phi) is 8.03. The van der Waals surface area contributed by atoms with Crippen LogP contribution in [-0.4, -0.2) is 20.7 Å². The first kappa shape index (κ1) is 23.6. The Morgan fingerprint density at radius 2 is 1.81 bits per heavy atom. The van der Waals surface area contributed by atoms with Gasteiger partial charge in [-0.3, -0.25) is 4.79 Å². The van der Waals surface area contributed by atoms with Crippen LogP contribution in [0.1, 0.15) is 54.1 Å². The minimum absolute atomic E-state index is 0.116. The lowest BCUT2D eigenvalue weighted by atomic mass is 10.0. The predicted molar refractivity (Wildman–Crippen MR) is 128 cm³/mol. The molecule has 31 heavy (non-hydrogen) atoms. The number of benzene rings is 2. The van der Waals surface area contributed by atoms with Gasteiger partial charge >= 0.3 is 0 Å². The van der Waals surface area contributed by atoms with E-state index in [2.05, 4.69) is 40.9 Å². The van der Waals surface area contributed by atoms with Crippen LogP contribution in [0.25, 0.3) is 0 Å². The molecule has 0 bridgehead atoms. The number of carbonyl (C=O) groups is 1. The van der Waals surface area contributed by atoms with E-state index >= 15 is 0 Å². The molecule has 0 fully saturated rings. The van der Waals surface area contributed by atoms with Gasteiger partial charge < -0.3 is 9.88 Å². The summed E-state index contributed by atoms with van der Waals surface area (Å²) in [5.41, 5.74) is 2.80. The Labute approximate surface area is 197 Å². The van der Waals surface area contributed by atoms with Gasteiger partial charge in [0.05, 0.1) is 16.1 Å². The zero-order chi connectivity index (χ0) is 22.5. The molecular formula is C23H26Cl2N4OS. The largest absolute Gasteiger partial charge is 0.342 e. The van der Waals surface area contributed by atoms with Gasteiger partial charge in [0.2, 0.25) is 0 Å². The second-order valence-electron chi connectivity index (χ2n) is 7.68. The van der Waals surface area contributed by atoms with Crippen molar-refractivity contribution in [2.45, 2.75) is 51.2 Å². The van der Waals surface area contributed by atoms with Gasteiger partial charge in [0.15, 0.2) is 11.0 Å². The van der Waals surface area contributed by atoms with Crippen molar-refractivity contribution in [3.63, 3.8) is 0 Å². The molecule has 0 aliphatic carbocycles. The first-order valence-corrected chi connectivity index (χ1v) is 11.9. The number of nitrogens with zero attached hydrogens (tertiary/aromatic N) is 3. The first-order valence-electron chi connectivity index (χ1n) is 10.2. The molecule has 5 nitrogen and oxygen atoms in total. The van der Waals surface area contributed by atoms with Crippen LogP contribution < -0.4 is 5.32 Å². The SMILES string of the molecule is CCn1c(SCc2ccc(Cl)c(Cl)c2)nnc1[C@@H](NC(=O)c1ccc(C)cc1)C(C)C. The second kappa shape index (κ2) is 10.5. The van der Waals surface area contributed by atoms with Gasteiger partial charge in [-0.2, -0.15) is 0 Å². The predicted octanol–water partition coefficient (Wildman–Crippen LogP) is 6.33. The standard InChI is InChI=1S/C23H26Cl2N4OS/c1-5-29-21(20(14(2)3)26-22(30)17-9-6-15(4)7-10-17)27-28-23(29)31-13-16-8-11-18(24)19(25)12-16/h6-12,14,20H,5,13H2,1-4H3,(H,26,30)/t20-/m0/s1. The van der Waals surface area contributed by atoms with Gasteiger partial charge in [0.1, 0.15) is 0 Å². The van der Waals surface area contributed by atoms with Crippen LogP contribution >= 0.6 is 35.0 Å². The number of rotatable bonds is 8. The number of amides is 1. The molecule has 1 atom stereocenters. The fourth-order valence-corrected chi connectivity index (χ4v) is 4.44. The zero-order valence-corrected chi connectivity index (χ0v) is 20.4. The number of carbonyl (C=O) groups excluding carboxylic acids is 1. The lowest BCUT2D eigenvalue weighted by Crippen LogP contribution is -2.33. The molecular weight excluding hydrogens is 451 g/mol. The van der Waals surface area contributed by atoms with Crippen molar-refractivity contribution in [1.82, 2.24) is 20.1 Å². The number of hydrogen-bond donors (Lipinski definition) is 1. The summed E-state index contributed by atoms with van der Waals surface area (Å²) in [6.45, 7) is 8.89. The molecule has 8 heteroatoms.